The fourth-order valence-electron chi connectivity index (χ4n) is 2.46. The van der Waals surface area contributed by atoms with Gasteiger partial charge in [-0.15, -0.1) is 0 Å². The maximum absolute atomic E-state index is 12.1. The number of carbonyl (C=O) groups is 1. The van der Waals surface area contributed by atoms with Crippen molar-refractivity contribution in [1.29, 1.82) is 0 Å². The summed E-state index contributed by atoms with van der Waals surface area (Å²) >= 11 is 7.40. The summed E-state index contributed by atoms with van der Waals surface area (Å²) in [7, 11) is 0. The van der Waals surface area contributed by atoms with E-state index in [0.717, 1.165) is 22.4 Å². The van der Waals surface area contributed by atoms with E-state index < -0.39 is 0 Å². The highest BCUT2D eigenvalue weighted by atomic mass is 35.5. The van der Waals surface area contributed by atoms with E-state index in [1.165, 1.54) is 11.8 Å². The molecule has 5 heteroatoms. The van der Waals surface area contributed by atoms with E-state index in [9.17, 15) is 4.79 Å². The maximum atomic E-state index is 12.1. The molecule has 0 radical (unpaired) electrons. The molecule has 0 saturated heterocycles. The van der Waals surface area contributed by atoms with Crippen LogP contribution in [0.5, 0.6) is 0 Å². The minimum atomic E-state index is -0.230. The first-order chi connectivity index (χ1) is 12.0. The van der Waals surface area contributed by atoms with Gasteiger partial charge >= 0.3 is 0 Å². The number of halogens is 1. The molecule has 0 saturated carbocycles. The molecule has 0 bridgehead atoms. The zero-order valence-electron chi connectivity index (χ0n) is 13.9. The SMILES string of the molecule is CC(/C=C1\SC(Nc2cc(C)cc(Cl)c2)=NC1=O)=C\c1ccccc1. The molecule has 1 heterocycles. The van der Waals surface area contributed by atoms with Crippen LogP contribution in [0.4, 0.5) is 5.69 Å². The molecule has 0 aromatic heterocycles. The van der Waals surface area contributed by atoms with Crippen molar-refractivity contribution in [3.05, 3.63) is 81.2 Å². The summed E-state index contributed by atoms with van der Waals surface area (Å²) in [5.74, 6) is -0.230. The number of amidine groups is 1. The van der Waals surface area contributed by atoms with Crippen LogP contribution < -0.4 is 5.32 Å². The van der Waals surface area contributed by atoms with Gasteiger partial charge in [0.05, 0.1) is 4.91 Å². The highest BCUT2D eigenvalue weighted by Crippen LogP contribution is 2.29. The molecule has 1 N–H and O–H groups in total. The van der Waals surface area contributed by atoms with Crippen molar-refractivity contribution in [1.82, 2.24) is 0 Å². The Bertz CT molecular complexity index is 881. The van der Waals surface area contributed by atoms with Crippen molar-refractivity contribution in [2.24, 2.45) is 4.99 Å². The Morgan fingerprint density at radius 1 is 1.20 bits per heavy atom. The smallest absolute Gasteiger partial charge is 0.286 e. The second kappa shape index (κ2) is 7.72. The predicted molar refractivity (Wildman–Crippen MR) is 108 cm³/mol. The van der Waals surface area contributed by atoms with Crippen molar-refractivity contribution in [3.63, 3.8) is 0 Å². The Hall–Kier alpha value is -2.30. The lowest BCUT2D eigenvalue weighted by molar-refractivity contribution is -0.113. The Morgan fingerprint density at radius 3 is 2.68 bits per heavy atom. The molecule has 1 aliphatic rings. The van der Waals surface area contributed by atoms with Gasteiger partial charge in [-0.1, -0.05) is 48.0 Å². The number of hydrogen-bond acceptors (Lipinski definition) is 3. The minimum Gasteiger partial charge on any atom is -0.334 e. The summed E-state index contributed by atoms with van der Waals surface area (Å²) in [6.45, 7) is 3.94. The first-order valence-corrected chi connectivity index (χ1v) is 8.99. The molecule has 1 aliphatic heterocycles. The van der Waals surface area contributed by atoms with Gasteiger partial charge in [0.2, 0.25) is 0 Å². The van der Waals surface area contributed by atoms with Crippen LogP contribution in [0.2, 0.25) is 5.02 Å². The number of benzene rings is 2. The lowest BCUT2D eigenvalue weighted by Gasteiger charge is -2.06. The number of amides is 1. The topological polar surface area (TPSA) is 41.5 Å². The van der Waals surface area contributed by atoms with E-state index in [-0.39, 0.29) is 5.91 Å². The number of thioether (sulfide) groups is 1. The van der Waals surface area contributed by atoms with E-state index in [4.69, 9.17) is 11.6 Å². The molecule has 0 fully saturated rings. The molecule has 126 valence electrons. The van der Waals surface area contributed by atoms with Crippen molar-refractivity contribution < 1.29 is 4.79 Å². The first-order valence-electron chi connectivity index (χ1n) is 7.80. The number of hydrogen-bond donors (Lipinski definition) is 1. The fraction of sp³-hybridized carbons (Fsp3) is 0.100. The monoisotopic (exact) mass is 368 g/mol. The van der Waals surface area contributed by atoms with Crippen LogP contribution in [-0.2, 0) is 4.79 Å². The minimum absolute atomic E-state index is 0.230. The van der Waals surface area contributed by atoms with Crippen LogP contribution in [0, 0.1) is 6.92 Å². The Kier molecular flexibility index (Phi) is 5.41. The summed E-state index contributed by atoms with van der Waals surface area (Å²) in [4.78, 5) is 16.8. The van der Waals surface area contributed by atoms with Gasteiger partial charge in [-0.2, -0.15) is 4.99 Å². The number of aliphatic imine (C=N–C) groups is 1. The van der Waals surface area contributed by atoms with E-state index >= 15 is 0 Å². The van der Waals surface area contributed by atoms with Gasteiger partial charge < -0.3 is 5.32 Å². The highest BCUT2D eigenvalue weighted by molar-refractivity contribution is 8.18. The number of nitrogens with one attached hydrogen (secondary N) is 1. The quantitative estimate of drug-likeness (QED) is 0.709. The normalized spacial score (nSPS) is 16.3. The third-order valence-electron chi connectivity index (χ3n) is 3.47. The molecule has 0 atom stereocenters. The number of rotatable bonds is 3. The number of nitrogens with zero attached hydrogens (tertiary/aromatic N) is 1. The lowest BCUT2D eigenvalue weighted by atomic mass is 10.1. The molecular formula is C20H17ClN2OS. The average Bonchev–Trinajstić information content (AvgIpc) is 2.86. The molecule has 25 heavy (non-hydrogen) atoms. The van der Waals surface area contributed by atoms with Crippen molar-refractivity contribution in [3.8, 4) is 0 Å². The highest BCUT2D eigenvalue weighted by Gasteiger charge is 2.22. The fourth-order valence-corrected chi connectivity index (χ4v) is 3.63. The molecule has 0 aliphatic carbocycles. The summed E-state index contributed by atoms with van der Waals surface area (Å²) in [6.07, 6.45) is 3.90. The third-order valence-corrected chi connectivity index (χ3v) is 4.58. The maximum Gasteiger partial charge on any atom is 0.286 e. The molecule has 3 nitrogen and oxygen atoms in total. The van der Waals surface area contributed by atoms with Gasteiger partial charge in [0.1, 0.15) is 0 Å². The van der Waals surface area contributed by atoms with Gasteiger partial charge in [-0.3, -0.25) is 4.79 Å². The Morgan fingerprint density at radius 2 is 1.96 bits per heavy atom. The standard InChI is InChI=1S/C20H17ClN2OS/c1-13(8-15-6-4-3-5-7-15)11-18-19(24)23-20(25-18)22-17-10-14(2)9-16(21)12-17/h3-12H,1-2H3,(H,22,23,24)/b13-8+,18-11-. The molecule has 0 spiro atoms. The van der Waals surface area contributed by atoms with Crippen molar-refractivity contribution in [2.75, 3.05) is 5.32 Å². The number of allylic oxidation sites excluding steroid dienone is 2. The van der Waals surface area contributed by atoms with Crippen LogP contribution in [0.15, 0.2) is 70.1 Å². The van der Waals surface area contributed by atoms with Crippen LogP contribution in [0.1, 0.15) is 18.1 Å². The van der Waals surface area contributed by atoms with Gasteiger partial charge in [0, 0.05) is 10.7 Å². The van der Waals surface area contributed by atoms with Gasteiger partial charge in [0.25, 0.3) is 5.91 Å². The molecule has 0 unspecified atom stereocenters. The van der Waals surface area contributed by atoms with Crippen molar-refractivity contribution >= 4 is 46.2 Å². The largest absolute Gasteiger partial charge is 0.334 e. The summed E-state index contributed by atoms with van der Waals surface area (Å²) in [5.41, 5.74) is 3.96. The zero-order chi connectivity index (χ0) is 17.8. The van der Waals surface area contributed by atoms with E-state index in [2.05, 4.69) is 10.3 Å². The van der Waals surface area contributed by atoms with E-state index in [1.54, 1.807) is 0 Å². The van der Waals surface area contributed by atoms with Crippen LogP contribution in [-0.4, -0.2) is 11.1 Å². The summed E-state index contributed by atoms with van der Waals surface area (Å²) in [5, 5.41) is 4.36. The molecule has 1 amide bonds. The van der Waals surface area contributed by atoms with Crippen LogP contribution >= 0.6 is 23.4 Å². The molecule has 2 aromatic rings. The summed E-state index contributed by atoms with van der Waals surface area (Å²) in [6, 6.07) is 15.6. The van der Waals surface area contributed by atoms with Gasteiger partial charge in [0.15, 0.2) is 5.17 Å². The van der Waals surface area contributed by atoms with Gasteiger partial charge in [-0.05, 0) is 66.6 Å². The lowest BCUT2D eigenvalue weighted by Crippen LogP contribution is -2.04. The number of carbonyl (C=O) groups excluding carboxylic acids is 1. The zero-order valence-corrected chi connectivity index (χ0v) is 15.5. The predicted octanol–water partition coefficient (Wildman–Crippen LogP) is 5.68. The average molecular weight is 369 g/mol. The molecule has 3 rings (SSSR count). The Balaban J connectivity index is 1.73. The number of aryl methyl sites for hydroxylation is 1. The van der Waals surface area contributed by atoms with Crippen LogP contribution in [0.3, 0.4) is 0 Å². The Labute approximate surface area is 156 Å². The van der Waals surface area contributed by atoms with E-state index in [1.807, 2.05) is 74.5 Å². The van der Waals surface area contributed by atoms with Crippen molar-refractivity contribution in [2.45, 2.75) is 13.8 Å². The number of anilines is 1. The summed E-state index contributed by atoms with van der Waals surface area (Å²) < 4.78 is 0. The van der Waals surface area contributed by atoms with Gasteiger partial charge in [-0.25, -0.2) is 0 Å². The molecule has 2 aromatic carbocycles. The second-order valence-corrected chi connectivity index (χ2v) is 7.24. The third kappa shape index (κ3) is 4.84. The van der Waals surface area contributed by atoms with Crippen LogP contribution in [0.25, 0.3) is 6.08 Å². The first kappa shape index (κ1) is 17.5. The van der Waals surface area contributed by atoms with E-state index in [0.29, 0.717) is 15.1 Å². The second-order valence-electron chi connectivity index (χ2n) is 5.77. The molecular weight excluding hydrogens is 352 g/mol.